The Hall–Kier alpha value is -3.36. The van der Waals surface area contributed by atoms with Crippen molar-refractivity contribution in [1.29, 1.82) is 0 Å². The maximum atomic E-state index is 15.2. The van der Waals surface area contributed by atoms with Crippen molar-refractivity contribution in [3.8, 4) is 5.75 Å². The van der Waals surface area contributed by atoms with Crippen molar-refractivity contribution in [1.82, 2.24) is 20.5 Å². The number of hydrogen-bond donors (Lipinski definition) is 3. The Balaban J connectivity index is 1.33. The number of benzene rings is 1. The Morgan fingerprint density at radius 2 is 2.17 bits per heavy atom. The minimum atomic E-state index is -3.16. The molecule has 1 aromatic carbocycles. The van der Waals surface area contributed by atoms with Crippen LogP contribution >= 0.6 is 20.7 Å². The molecule has 1 aromatic heterocycles. The summed E-state index contributed by atoms with van der Waals surface area (Å²) in [7, 11) is 1.52. The average Bonchev–Trinajstić information content (AvgIpc) is 3.67. The second-order valence-corrected chi connectivity index (χ2v) is 13.4. The molecule has 10 nitrogen and oxygen atoms in total. The number of hydrogen-bond acceptors (Lipinski definition) is 6. The number of fused-ring (bicyclic) bond motifs is 4. The SMILES string of the molecule is COc1cccc2[nH]c(C(=O)N3[C@H]4CI=C([C@H]3C(=O)N[C@H](/C=C3\CCOC3=O)C[C@@H]3CCNC3=O)C(F)(F)C4)cc12. The number of halogens is 3. The summed E-state index contributed by atoms with van der Waals surface area (Å²) in [5, 5.41) is 6.24. The number of aromatic nitrogens is 1. The molecule has 0 unspecified atom stereocenters. The number of H-pyrrole nitrogens is 1. The standard InChI is InChI=1S/C28H29F2IN4O6/c1-40-21-4-2-3-19-18(21)11-20(34-19)26(38)35-17-12-28(29,30)23(31-13-17)22(35)25(37)33-16(9-14-5-7-32-24(14)36)10-15-6-8-41-27(15)39/h2-4,10-11,14,16-17,22,34H,5-9,12-13H2,1H3,(H,32,36)(H,33,37)/b15-10+/t14-,16-,17+,22-/m0/s1. The van der Waals surface area contributed by atoms with Crippen molar-refractivity contribution in [3.63, 3.8) is 0 Å². The van der Waals surface area contributed by atoms with Gasteiger partial charge in [0.25, 0.3) is 11.8 Å². The predicted molar refractivity (Wildman–Crippen MR) is 153 cm³/mol. The van der Waals surface area contributed by atoms with Crippen molar-refractivity contribution in [2.45, 2.75) is 49.7 Å². The number of carbonyl (C=O) groups excluding carboxylic acids is 4. The zero-order valence-electron chi connectivity index (χ0n) is 22.2. The third kappa shape index (κ3) is 5.12. The van der Waals surface area contributed by atoms with Crippen molar-refractivity contribution in [2.24, 2.45) is 5.92 Å². The molecule has 0 spiro atoms. The van der Waals surface area contributed by atoms with E-state index >= 15 is 8.78 Å². The van der Waals surface area contributed by atoms with Crippen LogP contribution in [-0.2, 0) is 19.1 Å². The Bertz CT molecular complexity index is 1500. The van der Waals surface area contributed by atoms with Crippen LogP contribution in [0.1, 0.15) is 36.2 Å². The van der Waals surface area contributed by atoms with Gasteiger partial charge < -0.3 is 30.0 Å². The summed E-state index contributed by atoms with van der Waals surface area (Å²) < 4.78 is 41.1. The number of aromatic amines is 1. The molecule has 3 saturated heterocycles. The van der Waals surface area contributed by atoms with Crippen molar-refractivity contribution < 1.29 is 37.4 Å². The summed E-state index contributed by atoms with van der Waals surface area (Å²) in [4.78, 5) is 56.6. The van der Waals surface area contributed by atoms with Gasteiger partial charge in [-0.15, -0.1) is 20.7 Å². The lowest BCUT2D eigenvalue weighted by Crippen LogP contribution is -2.68. The summed E-state index contributed by atoms with van der Waals surface area (Å²) in [5.74, 6) is -4.96. The summed E-state index contributed by atoms with van der Waals surface area (Å²) in [6.45, 7) is 0.713. The lowest BCUT2D eigenvalue weighted by atomic mass is 9.91. The molecule has 7 rings (SSSR count). The van der Waals surface area contributed by atoms with Crippen LogP contribution in [-0.4, -0.2) is 85.8 Å². The van der Waals surface area contributed by atoms with Gasteiger partial charge in [0.15, 0.2) is 0 Å². The van der Waals surface area contributed by atoms with Crippen molar-refractivity contribution in [2.75, 3.05) is 24.7 Å². The Labute approximate surface area is 243 Å². The number of amides is 3. The van der Waals surface area contributed by atoms with Crippen LogP contribution in [0.25, 0.3) is 10.9 Å². The van der Waals surface area contributed by atoms with Crippen LogP contribution in [0.15, 0.2) is 35.9 Å². The second-order valence-electron chi connectivity index (χ2n) is 10.6. The Morgan fingerprint density at radius 1 is 1.34 bits per heavy atom. The number of nitrogens with one attached hydrogen (secondary N) is 3. The van der Waals surface area contributed by atoms with E-state index in [2.05, 4.69) is 15.6 Å². The van der Waals surface area contributed by atoms with Gasteiger partial charge in [-0.25, -0.2) is 13.6 Å². The van der Waals surface area contributed by atoms with Crippen LogP contribution in [0.3, 0.4) is 0 Å². The smallest absolute Gasteiger partial charge is 0.333 e. The Morgan fingerprint density at radius 3 is 2.85 bits per heavy atom. The number of ether oxygens (including phenoxy) is 2. The summed E-state index contributed by atoms with van der Waals surface area (Å²) in [6, 6.07) is 3.88. The van der Waals surface area contributed by atoms with E-state index in [0.29, 0.717) is 46.0 Å². The monoisotopic (exact) mass is 682 g/mol. The van der Waals surface area contributed by atoms with Gasteiger partial charge >= 0.3 is 5.97 Å². The van der Waals surface area contributed by atoms with Crippen molar-refractivity contribution in [3.05, 3.63) is 41.6 Å². The minimum Gasteiger partial charge on any atom is -0.496 e. The van der Waals surface area contributed by atoms with E-state index in [0.717, 1.165) is 0 Å². The molecule has 3 N–H and O–H groups in total. The number of rotatable bonds is 7. The van der Waals surface area contributed by atoms with Gasteiger partial charge in [0.05, 0.1) is 17.2 Å². The van der Waals surface area contributed by atoms with E-state index in [-0.39, 0.29) is 28.1 Å². The van der Waals surface area contributed by atoms with Gasteiger partial charge in [0.1, 0.15) is 17.5 Å². The number of carbonyl (C=O) groups is 4. The fourth-order valence-electron chi connectivity index (χ4n) is 6.03. The first-order chi connectivity index (χ1) is 19.7. The van der Waals surface area contributed by atoms with E-state index in [1.54, 1.807) is 30.3 Å². The molecule has 0 radical (unpaired) electrons. The zero-order chi connectivity index (χ0) is 28.9. The highest BCUT2D eigenvalue weighted by atomic mass is 127. The molecule has 5 aliphatic heterocycles. The first-order valence-electron chi connectivity index (χ1n) is 13.4. The number of piperidine rings is 1. The van der Waals surface area contributed by atoms with E-state index < -0.39 is 74.9 Å². The quantitative estimate of drug-likeness (QED) is 0.178. The van der Waals surface area contributed by atoms with Crippen LogP contribution in [0.2, 0.25) is 0 Å². The fourth-order valence-corrected chi connectivity index (χ4v) is 9.53. The molecule has 41 heavy (non-hydrogen) atoms. The highest BCUT2D eigenvalue weighted by Gasteiger charge is 2.57. The lowest BCUT2D eigenvalue weighted by molar-refractivity contribution is -0.135. The fraction of sp³-hybridized carbons (Fsp3) is 0.464. The summed E-state index contributed by atoms with van der Waals surface area (Å²) in [5.41, 5.74) is 1.18. The molecule has 5 aliphatic rings. The zero-order valence-corrected chi connectivity index (χ0v) is 24.3. The summed E-state index contributed by atoms with van der Waals surface area (Å²) >= 11 is -1.16. The van der Waals surface area contributed by atoms with Gasteiger partial charge in [-0.2, -0.15) is 0 Å². The first kappa shape index (κ1) is 27.8. The maximum absolute atomic E-state index is 15.2. The molecule has 4 atom stereocenters. The normalized spacial score (nSPS) is 26.8. The number of alkyl halides is 3. The number of methoxy groups -OCH3 is 1. The first-order valence-corrected chi connectivity index (χ1v) is 16.1. The maximum Gasteiger partial charge on any atom is 0.333 e. The highest BCUT2D eigenvalue weighted by Crippen LogP contribution is 2.43. The van der Waals surface area contributed by atoms with Crippen molar-refractivity contribution >= 4 is 58.8 Å². The van der Waals surface area contributed by atoms with Crippen LogP contribution in [0.4, 0.5) is 8.78 Å². The van der Waals surface area contributed by atoms with Crippen LogP contribution in [0.5, 0.6) is 5.75 Å². The van der Waals surface area contributed by atoms with Gasteiger partial charge in [-0.05, 0) is 31.0 Å². The molecule has 0 saturated carbocycles. The van der Waals surface area contributed by atoms with Gasteiger partial charge in [-0.3, -0.25) is 14.4 Å². The number of cyclic esters (lactones) is 1. The third-order valence-electron chi connectivity index (χ3n) is 8.01. The minimum absolute atomic E-state index is 0.161. The van der Waals surface area contributed by atoms with Gasteiger partial charge in [0, 0.05) is 58.3 Å². The molecule has 13 heteroatoms. The van der Waals surface area contributed by atoms with Gasteiger partial charge in [0.2, 0.25) is 11.8 Å². The summed E-state index contributed by atoms with van der Waals surface area (Å²) in [6.07, 6.45) is 2.14. The molecule has 2 aromatic rings. The molecule has 6 heterocycles. The third-order valence-corrected chi connectivity index (χ3v) is 11.7. The lowest BCUT2D eigenvalue weighted by Gasteiger charge is -2.48. The molecular formula is C28H29F2IN4O6. The van der Waals surface area contributed by atoms with Crippen LogP contribution in [0, 0.1) is 5.92 Å². The number of esters is 1. The van der Waals surface area contributed by atoms with Gasteiger partial charge in [-0.1, -0.05) is 12.1 Å². The predicted octanol–water partition coefficient (Wildman–Crippen LogP) is 2.44. The molecule has 0 aliphatic carbocycles. The van der Waals surface area contributed by atoms with E-state index in [1.165, 1.54) is 12.0 Å². The number of nitrogens with zero attached hydrogens (tertiary/aromatic N) is 1. The molecular weight excluding hydrogens is 653 g/mol. The topological polar surface area (TPSA) is 130 Å². The van der Waals surface area contributed by atoms with E-state index in [4.69, 9.17) is 9.47 Å². The van der Waals surface area contributed by atoms with Crippen LogP contribution < -0.4 is 15.4 Å². The highest BCUT2D eigenvalue weighted by molar-refractivity contribution is 14.2. The molecule has 3 fully saturated rings. The molecule has 218 valence electrons. The molecule has 3 amide bonds. The largest absolute Gasteiger partial charge is 0.496 e. The second kappa shape index (κ2) is 10.8. The average molecular weight is 682 g/mol. The Kier molecular flexibility index (Phi) is 7.32. The van der Waals surface area contributed by atoms with E-state index in [1.807, 2.05) is 0 Å². The molecule has 2 bridgehead atoms. The van der Waals surface area contributed by atoms with E-state index in [9.17, 15) is 19.2 Å².